The van der Waals surface area contributed by atoms with Crippen LogP contribution in [0.5, 0.6) is 0 Å². The Morgan fingerprint density at radius 3 is 2.67 bits per heavy atom. The molecule has 1 aromatic carbocycles. The summed E-state index contributed by atoms with van der Waals surface area (Å²) in [4.78, 5) is 0. The van der Waals surface area contributed by atoms with Gasteiger partial charge in [-0.2, -0.15) is 0 Å². The van der Waals surface area contributed by atoms with Gasteiger partial charge >= 0.3 is 0 Å². The van der Waals surface area contributed by atoms with Crippen molar-refractivity contribution in [2.45, 2.75) is 31.5 Å². The van der Waals surface area contributed by atoms with Crippen LogP contribution in [0.2, 0.25) is 0 Å². The highest BCUT2D eigenvalue weighted by molar-refractivity contribution is 14.1. The van der Waals surface area contributed by atoms with Gasteiger partial charge in [-0.15, -0.1) is 0 Å². The summed E-state index contributed by atoms with van der Waals surface area (Å²) in [5.74, 6) is -0.181. The fourth-order valence-electron chi connectivity index (χ4n) is 1.94. The van der Waals surface area contributed by atoms with E-state index in [1.165, 1.54) is 18.6 Å². The summed E-state index contributed by atoms with van der Waals surface area (Å²) in [5, 5.41) is 0. The zero-order valence-electron chi connectivity index (χ0n) is 8.46. The van der Waals surface area contributed by atoms with Gasteiger partial charge in [0.1, 0.15) is 5.82 Å². The summed E-state index contributed by atoms with van der Waals surface area (Å²) in [7, 11) is 0. The van der Waals surface area contributed by atoms with Crippen LogP contribution >= 0.6 is 22.6 Å². The molecule has 15 heavy (non-hydrogen) atoms. The van der Waals surface area contributed by atoms with E-state index in [0.29, 0.717) is 6.10 Å². The maximum atomic E-state index is 12.8. The average molecular weight is 320 g/mol. The minimum Gasteiger partial charge on any atom is -0.370 e. The SMILES string of the molecule is Fc1ccc(C2CCCC(CI)O2)cc1. The molecule has 3 heteroatoms. The third-order valence-corrected chi connectivity index (χ3v) is 3.75. The molecule has 1 heterocycles. The fraction of sp³-hybridized carbons (Fsp3) is 0.500. The summed E-state index contributed by atoms with van der Waals surface area (Å²) in [6.07, 6.45) is 3.95. The first kappa shape index (κ1) is 11.3. The summed E-state index contributed by atoms with van der Waals surface area (Å²) in [6, 6.07) is 6.67. The number of rotatable bonds is 2. The van der Waals surface area contributed by atoms with Gasteiger partial charge in [-0.3, -0.25) is 0 Å². The van der Waals surface area contributed by atoms with Crippen molar-refractivity contribution in [3.63, 3.8) is 0 Å². The molecule has 0 radical (unpaired) electrons. The van der Waals surface area contributed by atoms with Crippen LogP contribution in [0.4, 0.5) is 4.39 Å². The van der Waals surface area contributed by atoms with Crippen LogP contribution in [0.3, 0.4) is 0 Å². The smallest absolute Gasteiger partial charge is 0.123 e. The Balaban J connectivity index is 2.06. The van der Waals surface area contributed by atoms with E-state index in [9.17, 15) is 4.39 Å². The van der Waals surface area contributed by atoms with E-state index in [1.807, 2.05) is 12.1 Å². The monoisotopic (exact) mass is 320 g/mol. The predicted molar refractivity (Wildman–Crippen MR) is 66.8 cm³/mol. The van der Waals surface area contributed by atoms with Crippen molar-refractivity contribution < 1.29 is 9.13 Å². The second-order valence-electron chi connectivity index (χ2n) is 3.88. The first-order valence-electron chi connectivity index (χ1n) is 5.26. The molecule has 1 aromatic rings. The van der Waals surface area contributed by atoms with Gasteiger partial charge < -0.3 is 4.74 Å². The van der Waals surface area contributed by atoms with Gasteiger partial charge in [0.15, 0.2) is 0 Å². The van der Waals surface area contributed by atoms with Crippen LogP contribution in [0.15, 0.2) is 24.3 Å². The lowest BCUT2D eigenvalue weighted by Gasteiger charge is -2.29. The van der Waals surface area contributed by atoms with Crippen molar-refractivity contribution in [3.05, 3.63) is 35.6 Å². The van der Waals surface area contributed by atoms with E-state index in [-0.39, 0.29) is 11.9 Å². The van der Waals surface area contributed by atoms with Crippen LogP contribution in [0.1, 0.15) is 30.9 Å². The quantitative estimate of drug-likeness (QED) is 0.594. The molecule has 0 spiro atoms. The fourth-order valence-corrected chi connectivity index (χ4v) is 2.58. The number of benzene rings is 1. The third kappa shape index (κ3) is 2.91. The number of alkyl halides is 1. The standard InChI is InChI=1S/C12H14FIO/c13-10-6-4-9(5-7-10)12-3-1-2-11(8-14)15-12/h4-7,11-12H,1-3,8H2. The zero-order valence-corrected chi connectivity index (χ0v) is 10.6. The van der Waals surface area contributed by atoms with Gasteiger partial charge in [-0.1, -0.05) is 34.7 Å². The lowest BCUT2D eigenvalue weighted by Crippen LogP contribution is -2.23. The zero-order chi connectivity index (χ0) is 10.7. The second-order valence-corrected chi connectivity index (χ2v) is 4.76. The Morgan fingerprint density at radius 2 is 2.00 bits per heavy atom. The molecule has 1 nitrogen and oxygen atoms in total. The lowest BCUT2D eigenvalue weighted by molar-refractivity contribution is -0.0375. The van der Waals surface area contributed by atoms with Crippen molar-refractivity contribution >= 4 is 22.6 Å². The number of ether oxygens (including phenoxy) is 1. The molecular weight excluding hydrogens is 306 g/mol. The van der Waals surface area contributed by atoms with Crippen molar-refractivity contribution in [2.75, 3.05) is 4.43 Å². The van der Waals surface area contributed by atoms with E-state index in [2.05, 4.69) is 22.6 Å². The number of hydrogen-bond donors (Lipinski definition) is 0. The lowest BCUT2D eigenvalue weighted by atomic mass is 9.99. The highest BCUT2D eigenvalue weighted by Crippen LogP contribution is 2.31. The van der Waals surface area contributed by atoms with Gasteiger partial charge in [-0.25, -0.2) is 4.39 Å². The topological polar surface area (TPSA) is 9.23 Å². The Morgan fingerprint density at radius 1 is 1.27 bits per heavy atom. The van der Waals surface area contributed by atoms with Crippen molar-refractivity contribution in [3.8, 4) is 0 Å². The first-order chi connectivity index (χ1) is 7.29. The average Bonchev–Trinajstić information content (AvgIpc) is 2.30. The molecule has 0 aliphatic carbocycles. The molecule has 0 saturated carbocycles. The van der Waals surface area contributed by atoms with Crippen LogP contribution in [0, 0.1) is 5.82 Å². The minimum atomic E-state index is -0.181. The molecule has 1 fully saturated rings. The normalized spacial score (nSPS) is 26.5. The third-order valence-electron chi connectivity index (χ3n) is 2.76. The van der Waals surface area contributed by atoms with Gasteiger partial charge in [0, 0.05) is 4.43 Å². The molecular formula is C12H14FIO. The molecule has 1 saturated heterocycles. The molecule has 2 unspecified atom stereocenters. The Labute approximate surface area is 103 Å². The Kier molecular flexibility index (Phi) is 3.97. The van der Waals surface area contributed by atoms with Crippen LogP contribution in [-0.2, 0) is 4.74 Å². The predicted octanol–water partition coefficient (Wildman–Crippen LogP) is 3.87. The molecule has 0 amide bonds. The van der Waals surface area contributed by atoms with E-state index in [0.717, 1.165) is 22.8 Å². The second kappa shape index (κ2) is 5.25. The first-order valence-corrected chi connectivity index (χ1v) is 6.79. The molecule has 82 valence electrons. The van der Waals surface area contributed by atoms with Crippen LogP contribution in [0.25, 0.3) is 0 Å². The molecule has 2 rings (SSSR count). The Hall–Kier alpha value is -0.160. The highest BCUT2D eigenvalue weighted by Gasteiger charge is 2.22. The van der Waals surface area contributed by atoms with Gasteiger partial charge in [0.25, 0.3) is 0 Å². The van der Waals surface area contributed by atoms with Crippen molar-refractivity contribution in [2.24, 2.45) is 0 Å². The van der Waals surface area contributed by atoms with Crippen LogP contribution < -0.4 is 0 Å². The largest absolute Gasteiger partial charge is 0.370 e. The Bertz CT molecular complexity index is 312. The molecule has 1 aliphatic rings. The summed E-state index contributed by atoms with van der Waals surface area (Å²) in [6.45, 7) is 0. The minimum absolute atomic E-state index is 0.166. The van der Waals surface area contributed by atoms with E-state index in [4.69, 9.17) is 4.74 Å². The molecule has 0 N–H and O–H groups in total. The summed E-state index contributed by atoms with van der Waals surface area (Å²) in [5.41, 5.74) is 1.10. The molecule has 0 bridgehead atoms. The number of hydrogen-bond acceptors (Lipinski definition) is 1. The van der Waals surface area contributed by atoms with Crippen molar-refractivity contribution in [1.29, 1.82) is 0 Å². The van der Waals surface area contributed by atoms with E-state index < -0.39 is 0 Å². The van der Waals surface area contributed by atoms with Crippen LogP contribution in [-0.4, -0.2) is 10.5 Å². The highest BCUT2D eigenvalue weighted by atomic mass is 127. The van der Waals surface area contributed by atoms with Gasteiger partial charge in [0.2, 0.25) is 0 Å². The molecule has 2 atom stereocenters. The van der Waals surface area contributed by atoms with E-state index in [1.54, 1.807) is 0 Å². The van der Waals surface area contributed by atoms with E-state index >= 15 is 0 Å². The summed E-state index contributed by atoms with van der Waals surface area (Å²) < 4.78 is 19.7. The molecule has 0 aromatic heterocycles. The maximum absolute atomic E-state index is 12.8. The van der Waals surface area contributed by atoms with Crippen molar-refractivity contribution in [1.82, 2.24) is 0 Å². The van der Waals surface area contributed by atoms with Gasteiger partial charge in [-0.05, 0) is 37.0 Å². The van der Waals surface area contributed by atoms with Gasteiger partial charge in [0.05, 0.1) is 12.2 Å². The number of halogens is 2. The molecule has 1 aliphatic heterocycles. The summed E-state index contributed by atoms with van der Waals surface area (Å²) >= 11 is 2.36. The maximum Gasteiger partial charge on any atom is 0.123 e.